The Morgan fingerprint density at radius 3 is 2.93 bits per heavy atom. The van der Waals surface area contributed by atoms with E-state index in [0.29, 0.717) is 0 Å². The summed E-state index contributed by atoms with van der Waals surface area (Å²) in [6.45, 7) is 2.14. The molecule has 0 heterocycles. The Bertz CT molecular complexity index is 413. The van der Waals surface area contributed by atoms with Crippen LogP contribution < -0.4 is 0 Å². The van der Waals surface area contributed by atoms with Crippen molar-refractivity contribution in [3.05, 3.63) is 53.4 Å². The van der Waals surface area contributed by atoms with Crippen molar-refractivity contribution >= 4 is 5.57 Å². The molecule has 1 aromatic carbocycles. The maximum absolute atomic E-state index is 13.1. The Kier molecular flexibility index (Phi) is 3.00. The van der Waals surface area contributed by atoms with E-state index in [1.54, 1.807) is 12.1 Å². The average Bonchev–Trinajstić information content (AvgIpc) is 2.43. The molecule has 1 aliphatic rings. The molecule has 0 N–H and O–H groups in total. The molecule has 0 aromatic heterocycles. The zero-order chi connectivity index (χ0) is 10.7. The smallest absolute Gasteiger partial charge is 0.123 e. The number of hydrogen-bond donors (Lipinski definition) is 0. The van der Waals surface area contributed by atoms with Crippen LogP contribution in [0, 0.1) is 5.82 Å². The third kappa shape index (κ3) is 2.56. The molecule has 0 saturated heterocycles. The summed E-state index contributed by atoms with van der Waals surface area (Å²) in [4.78, 5) is 0. The second-order valence-corrected chi connectivity index (χ2v) is 4.05. The molecule has 0 spiro atoms. The van der Waals surface area contributed by atoms with Gasteiger partial charge in [0, 0.05) is 0 Å². The van der Waals surface area contributed by atoms with E-state index >= 15 is 0 Å². The molecule has 1 aliphatic carbocycles. The van der Waals surface area contributed by atoms with E-state index in [1.807, 2.05) is 6.07 Å². The Labute approximate surface area is 90.1 Å². The highest BCUT2D eigenvalue weighted by atomic mass is 19.1. The van der Waals surface area contributed by atoms with Crippen LogP contribution in [-0.2, 0) is 0 Å². The summed E-state index contributed by atoms with van der Waals surface area (Å²) >= 11 is 0. The summed E-state index contributed by atoms with van der Waals surface area (Å²) in [6.07, 6.45) is 7.79. The van der Waals surface area contributed by atoms with E-state index in [9.17, 15) is 4.39 Å². The van der Waals surface area contributed by atoms with E-state index in [2.05, 4.69) is 19.1 Å². The molecule has 78 valence electrons. The SMILES string of the molecule is CC1=CC(c2cccc(F)c2)=CCCC1. The first-order chi connectivity index (χ1) is 7.25. The molecule has 1 heteroatoms. The molecular formula is C14H15F. The highest BCUT2D eigenvalue weighted by Gasteiger charge is 2.04. The number of benzene rings is 1. The van der Waals surface area contributed by atoms with Crippen LogP contribution in [0.25, 0.3) is 5.57 Å². The molecule has 0 aliphatic heterocycles. The maximum atomic E-state index is 13.1. The van der Waals surface area contributed by atoms with Gasteiger partial charge < -0.3 is 0 Å². The van der Waals surface area contributed by atoms with Crippen molar-refractivity contribution < 1.29 is 4.39 Å². The normalized spacial score (nSPS) is 16.7. The molecule has 0 unspecified atom stereocenters. The zero-order valence-corrected chi connectivity index (χ0v) is 8.96. The molecule has 0 radical (unpaired) electrons. The second-order valence-electron chi connectivity index (χ2n) is 4.05. The fraction of sp³-hybridized carbons (Fsp3) is 0.286. The van der Waals surface area contributed by atoms with Crippen LogP contribution >= 0.6 is 0 Å². The monoisotopic (exact) mass is 202 g/mol. The number of halogens is 1. The minimum Gasteiger partial charge on any atom is -0.207 e. The predicted molar refractivity (Wildman–Crippen MR) is 62.0 cm³/mol. The van der Waals surface area contributed by atoms with E-state index in [4.69, 9.17) is 0 Å². The highest BCUT2D eigenvalue weighted by molar-refractivity contribution is 5.74. The van der Waals surface area contributed by atoms with E-state index in [-0.39, 0.29) is 5.82 Å². The fourth-order valence-electron chi connectivity index (χ4n) is 1.90. The van der Waals surface area contributed by atoms with Gasteiger partial charge in [-0.25, -0.2) is 4.39 Å². The minimum absolute atomic E-state index is 0.163. The first-order valence-corrected chi connectivity index (χ1v) is 5.39. The summed E-state index contributed by atoms with van der Waals surface area (Å²) < 4.78 is 13.1. The van der Waals surface area contributed by atoms with Gasteiger partial charge in [-0.05, 0) is 49.5 Å². The molecular weight excluding hydrogens is 187 g/mol. The van der Waals surface area contributed by atoms with E-state index < -0.39 is 0 Å². The van der Waals surface area contributed by atoms with Crippen LogP contribution in [0.5, 0.6) is 0 Å². The Hall–Kier alpha value is -1.37. The van der Waals surface area contributed by atoms with Crippen molar-refractivity contribution in [3.8, 4) is 0 Å². The standard InChI is InChI=1S/C14H15F/c1-11-5-2-3-6-12(9-11)13-7-4-8-14(15)10-13/h4,6-10H,2-3,5H2,1H3. The lowest BCUT2D eigenvalue weighted by atomic mass is 10.0. The molecule has 0 atom stereocenters. The average molecular weight is 202 g/mol. The van der Waals surface area contributed by atoms with Gasteiger partial charge in [-0.15, -0.1) is 0 Å². The Morgan fingerprint density at radius 1 is 1.27 bits per heavy atom. The number of hydrogen-bond acceptors (Lipinski definition) is 0. The van der Waals surface area contributed by atoms with Gasteiger partial charge in [0.15, 0.2) is 0 Å². The summed E-state index contributed by atoms with van der Waals surface area (Å²) in [6, 6.07) is 6.81. The van der Waals surface area contributed by atoms with Crippen molar-refractivity contribution in [2.45, 2.75) is 26.2 Å². The molecule has 0 fully saturated rings. The molecule has 1 aromatic rings. The van der Waals surface area contributed by atoms with Crippen molar-refractivity contribution in [2.24, 2.45) is 0 Å². The van der Waals surface area contributed by atoms with Gasteiger partial charge in [0.25, 0.3) is 0 Å². The maximum Gasteiger partial charge on any atom is 0.123 e. The van der Waals surface area contributed by atoms with E-state index in [0.717, 1.165) is 24.0 Å². The lowest BCUT2D eigenvalue weighted by Crippen LogP contribution is -1.83. The van der Waals surface area contributed by atoms with Gasteiger partial charge >= 0.3 is 0 Å². The predicted octanol–water partition coefficient (Wildman–Crippen LogP) is 4.34. The summed E-state index contributed by atoms with van der Waals surface area (Å²) in [5.74, 6) is -0.163. The first-order valence-electron chi connectivity index (χ1n) is 5.39. The van der Waals surface area contributed by atoms with Gasteiger partial charge in [-0.3, -0.25) is 0 Å². The van der Waals surface area contributed by atoms with Crippen LogP contribution in [-0.4, -0.2) is 0 Å². The first kappa shape index (κ1) is 10.2. The molecule has 2 rings (SSSR count). The fourth-order valence-corrected chi connectivity index (χ4v) is 1.90. The third-order valence-corrected chi connectivity index (χ3v) is 2.70. The number of allylic oxidation sites excluding steroid dienone is 4. The molecule has 0 bridgehead atoms. The lowest BCUT2D eigenvalue weighted by molar-refractivity contribution is 0.627. The van der Waals surface area contributed by atoms with Crippen molar-refractivity contribution in [1.82, 2.24) is 0 Å². The van der Waals surface area contributed by atoms with Crippen LogP contribution in [0.1, 0.15) is 31.7 Å². The zero-order valence-electron chi connectivity index (χ0n) is 8.96. The van der Waals surface area contributed by atoms with Crippen LogP contribution in [0.2, 0.25) is 0 Å². The Balaban J connectivity index is 2.37. The van der Waals surface area contributed by atoms with Crippen molar-refractivity contribution in [1.29, 1.82) is 0 Å². The molecule has 15 heavy (non-hydrogen) atoms. The summed E-state index contributed by atoms with van der Waals surface area (Å²) in [5.41, 5.74) is 3.52. The Morgan fingerprint density at radius 2 is 2.13 bits per heavy atom. The number of rotatable bonds is 1. The molecule has 0 nitrogen and oxygen atoms in total. The molecule has 0 saturated carbocycles. The van der Waals surface area contributed by atoms with Gasteiger partial charge in [0.05, 0.1) is 0 Å². The van der Waals surface area contributed by atoms with Crippen LogP contribution in [0.3, 0.4) is 0 Å². The van der Waals surface area contributed by atoms with Gasteiger partial charge in [0.2, 0.25) is 0 Å². The van der Waals surface area contributed by atoms with Crippen molar-refractivity contribution in [3.63, 3.8) is 0 Å². The van der Waals surface area contributed by atoms with Crippen LogP contribution in [0.15, 0.2) is 42.0 Å². The van der Waals surface area contributed by atoms with E-state index in [1.165, 1.54) is 18.1 Å². The lowest BCUT2D eigenvalue weighted by Gasteiger charge is -2.02. The second kappa shape index (κ2) is 4.43. The highest BCUT2D eigenvalue weighted by Crippen LogP contribution is 2.24. The third-order valence-electron chi connectivity index (χ3n) is 2.70. The van der Waals surface area contributed by atoms with Gasteiger partial charge in [-0.1, -0.05) is 29.9 Å². The quantitative estimate of drug-likeness (QED) is 0.635. The van der Waals surface area contributed by atoms with Crippen LogP contribution in [0.4, 0.5) is 4.39 Å². The molecule has 0 amide bonds. The van der Waals surface area contributed by atoms with Gasteiger partial charge in [-0.2, -0.15) is 0 Å². The summed E-state index contributed by atoms with van der Waals surface area (Å²) in [5, 5.41) is 0. The minimum atomic E-state index is -0.163. The van der Waals surface area contributed by atoms with Crippen molar-refractivity contribution in [2.75, 3.05) is 0 Å². The largest absolute Gasteiger partial charge is 0.207 e. The topological polar surface area (TPSA) is 0 Å². The van der Waals surface area contributed by atoms with Gasteiger partial charge in [0.1, 0.15) is 5.82 Å². The summed E-state index contributed by atoms with van der Waals surface area (Å²) in [7, 11) is 0.